The molecule has 0 atom stereocenters. The first-order valence-electron chi connectivity index (χ1n) is 6.86. The van der Waals surface area contributed by atoms with E-state index in [1.807, 2.05) is 6.07 Å². The first kappa shape index (κ1) is 13.9. The monoisotopic (exact) mass is 298 g/mol. The molecule has 108 valence electrons. The van der Waals surface area contributed by atoms with E-state index in [1.165, 1.54) is 11.3 Å². The predicted octanol–water partition coefficient (Wildman–Crippen LogP) is 3.94. The fraction of sp³-hybridized carbons (Fsp3) is 0.312. The number of hydrogen-bond donors (Lipinski definition) is 1. The van der Waals surface area contributed by atoms with Crippen molar-refractivity contribution in [3.8, 4) is 10.6 Å². The molecule has 0 aliphatic rings. The number of aromatic nitrogens is 3. The molecule has 5 heteroatoms. The number of anilines is 1. The van der Waals surface area contributed by atoms with E-state index < -0.39 is 0 Å². The molecule has 0 unspecified atom stereocenters. The van der Waals surface area contributed by atoms with Gasteiger partial charge in [0.1, 0.15) is 5.01 Å². The Bertz CT molecular complexity index is 815. The molecule has 2 aromatic heterocycles. The van der Waals surface area contributed by atoms with Crippen LogP contribution in [0.15, 0.2) is 24.3 Å². The third-order valence-corrected chi connectivity index (χ3v) is 4.27. The van der Waals surface area contributed by atoms with Crippen LogP contribution in [0.1, 0.15) is 32.0 Å². The Hall–Kier alpha value is -2.01. The van der Waals surface area contributed by atoms with Crippen LogP contribution in [0.25, 0.3) is 21.5 Å². The molecule has 0 spiro atoms. The van der Waals surface area contributed by atoms with Crippen LogP contribution in [0.4, 0.5) is 5.13 Å². The second kappa shape index (κ2) is 4.77. The van der Waals surface area contributed by atoms with Gasteiger partial charge in [0.2, 0.25) is 5.13 Å². The number of para-hydroxylation sites is 1. The van der Waals surface area contributed by atoms with E-state index in [9.17, 15) is 0 Å². The molecule has 0 radical (unpaired) electrons. The number of hydrogen-bond acceptors (Lipinski definition) is 5. The maximum Gasteiger partial charge on any atom is 0.203 e. The standard InChI is InChI=1S/C16H18N4S/c1-9-6-5-7-10-11(14-19-20-15(17)21-14)8-12(16(2,3)4)18-13(9)10/h5-8H,1-4H3,(H2,17,20). The van der Waals surface area contributed by atoms with Gasteiger partial charge in [-0.25, -0.2) is 0 Å². The van der Waals surface area contributed by atoms with Gasteiger partial charge >= 0.3 is 0 Å². The molecule has 0 fully saturated rings. The molecule has 21 heavy (non-hydrogen) atoms. The highest BCUT2D eigenvalue weighted by Crippen LogP contribution is 2.35. The molecule has 0 bridgehead atoms. The largest absolute Gasteiger partial charge is 0.374 e. The quantitative estimate of drug-likeness (QED) is 0.739. The number of nitrogens with zero attached hydrogens (tertiary/aromatic N) is 3. The Balaban J connectivity index is 2.38. The van der Waals surface area contributed by atoms with Gasteiger partial charge in [0.25, 0.3) is 0 Å². The summed E-state index contributed by atoms with van der Waals surface area (Å²) in [6.07, 6.45) is 0. The van der Waals surface area contributed by atoms with Crippen LogP contribution in [0, 0.1) is 6.92 Å². The van der Waals surface area contributed by atoms with E-state index in [1.54, 1.807) is 0 Å². The van der Waals surface area contributed by atoms with Crippen LogP contribution < -0.4 is 5.73 Å². The van der Waals surface area contributed by atoms with Gasteiger partial charge in [0.15, 0.2) is 0 Å². The number of pyridine rings is 1. The second-order valence-electron chi connectivity index (χ2n) is 6.22. The minimum absolute atomic E-state index is 0.0263. The van der Waals surface area contributed by atoms with Crippen molar-refractivity contribution in [2.24, 2.45) is 0 Å². The Labute approximate surface area is 128 Å². The molecule has 1 aromatic carbocycles. The first-order chi connectivity index (χ1) is 9.86. The molecule has 0 saturated heterocycles. The van der Waals surface area contributed by atoms with E-state index in [0.29, 0.717) is 5.13 Å². The smallest absolute Gasteiger partial charge is 0.203 e. The zero-order valence-corrected chi connectivity index (χ0v) is 13.5. The van der Waals surface area contributed by atoms with Gasteiger partial charge in [0, 0.05) is 22.1 Å². The lowest BCUT2D eigenvalue weighted by atomic mass is 9.89. The van der Waals surface area contributed by atoms with Crippen molar-refractivity contribution >= 4 is 27.4 Å². The van der Waals surface area contributed by atoms with E-state index in [0.717, 1.165) is 32.7 Å². The number of nitrogens with two attached hydrogens (primary N) is 1. The van der Waals surface area contributed by atoms with Crippen LogP contribution in [-0.2, 0) is 5.41 Å². The van der Waals surface area contributed by atoms with E-state index in [-0.39, 0.29) is 5.41 Å². The van der Waals surface area contributed by atoms with E-state index in [4.69, 9.17) is 10.7 Å². The average Bonchev–Trinajstić information content (AvgIpc) is 2.83. The van der Waals surface area contributed by atoms with Crippen molar-refractivity contribution in [3.05, 3.63) is 35.5 Å². The first-order valence-corrected chi connectivity index (χ1v) is 7.68. The lowest BCUT2D eigenvalue weighted by Gasteiger charge is -2.20. The van der Waals surface area contributed by atoms with Gasteiger partial charge in [0.05, 0.1) is 5.52 Å². The molecule has 2 heterocycles. The van der Waals surface area contributed by atoms with Gasteiger partial charge in [-0.15, -0.1) is 10.2 Å². The fourth-order valence-electron chi connectivity index (χ4n) is 2.30. The third kappa shape index (κ3) is 2.49. The topological polar surface area (TPSA) is 64.7 Å². The minimum atomic E-state index is -0.0263. The van der Waals surface area contributed by atoms with Crippen molar-refractivity contribution in [1.29, 1.82) is 0 Å². The Morgan fingerprint density at radius 1 is 1.14 bits per heavy atom. The van der Waals surface area contributed by atoms with Crippen LogP contribution >= 0.6 is 11.3 Å². The van der Waals surface area contributed by atoms with Crippen LogP contribution in [0.5, 0.6) is 0 Å². The number of fused-ring (bicyclic) bond motifs is 1. The lowest BCUT2D eigenvalue weighted by molar-refractivity contribution is 0.571. The highest BCUT2D eigenvalue weighted by Gasteiger charge is 2.20. The summed E-state index contributed by atoms with van der Waals surface area (Å²) in [5.74, 6) is 0. The Kier molecular flexibility index (Phi) is 3.17. The Morgan fingerprint density at radius 2 is 1.90 bits per heavy atom. The number of aryl methyl sites for hydroxylation is 1. The second-order valence-corrected chi connectivity index (χ2v) is 7.23. The van der Waals surface area contributed by atoms with Crippen molar-refractivity contribution in [2.75, 3.05) is 5.73 Å². The summed E-state index contributed by atoms with van der Waals surface area (Å²) in [5.41, 5.74) is 10.0. The van der Waals surface area contributed by atoms with Crippen molar-refractivity contribution in [1.82, 2.24) is 15.2 Å². The van der Waals surface area contributed by atoms with E-state index >= 15 is 0 Å². The van der Waals surface area contributed by atoms with Crippen molar-refractivity contribution in [2.45, 2.75) is 33.1 Å². The maximum atomic E-state index is 5.74. The van der Waals surface area contributed by atoms with Gasteiger partial charge in [-0.2, -0.15) is 0 Å². The summed E-state index contributed by atoms with van der Waals surface area (Å²) in [5, 5.41) is 10.6. The molecule has 0 saturated carbocycles. The molecule has 2 N–H and O–H groups in total. The lowest BCUT2D eigenvalue weighted by Crippen LogP contribution is -2.14. The summed E-state index contributed by atoms with van der Waals surface area (Å²) in [4.78, 5) is 4.86. The SMILES string of the molecule is Cc1cccc2c(-c3nnc(N)s3)cc(C(C)(C)C)nc12. The van der Waals surface area contributed by atoms with Gasteiger partial charge in [-0.3, -0.25) is 4.98 Å². The molecular weight excluding hydrogens is 280 g/mol. The van der Waals surface area contributed by atoms with E-state index in [2.05, 4.69) is 56.1 Å². The normalized spacial score (nSPS) is 12.0. The molecule has 4 nitrogen and oxygen atoms in total. The van der Waals surface area contributed by atoms with Crippen molar-refractivity contribution < 1.29 is 0 Å². The van der Waals surface area contributed by atoms with Crippen LogP contribution in [-0.4, -0.2) is 15.2 Å². The Morgan fingerprint density at radius 3 is 2.52 bits per heavy atom. The van der Waals surface area contributed by atoms with Gasteiger partial charge < -0.3 is 5.73 Å². The number of rotatable bonds is 1. The average molecular weight is 298 g/mol. The molecule has 0 amide bonds. The molecule has 0 aliphatic carbocycles. The third-order valence-electron chi connectivity index (χ3n) is 3.48. The summed E-state index contributed by atoms with van der Waals surface area (Å²) in [6, 6.07) is 8.32. The molecule has 0 aliphatic heterocycles. The maximum absolute atomic E-state index is 5.74. The van der Waals surface area contributed by atoms with Gasteiger partial charge in [-0.05, 0) is 18.6 Å². The summed E-state index contributed by atoms with van der Waals surface area (Å²) in [6.45, 7) is 8.58. The predicted molar refractivity (Wildman–Crippen MR) is 88.5 cm³/mol. The zero-order valence-electron chi connectivity index (χ0n) is 12.6. The zero-order chi connectivity index (χ0) is 15.2. The summed E-state index contributed by atoms with van der Waals surface area (Å²) < 4.78 is 0. The minimum Gasteiger partial charge on any atom is -0.374 e. The fourth-order valence-corrected chi connectivity index (χ4v) is 2.94. The number of benzene rings is 1. The summed E-state index contributed by atoms with van der Waals surface area (Å²) in [7, 11) is 0. The molecule has 3 rings (SSSR count). The van der Waals surface area contributed by atoms with Crippen LogP contribution in [0.2, 0.25) is 0 Å². The summed E-state index contributed by atoms with van der Waals surface area (Å²) >= 11 is 1.41. The van der Waals surface area contributed by atoms with Crippen LogP contribution in [0.3, 0.4) is 0 Å². The number of nitrogen functional groups attached to an aromatic ring is 1. The van der Waals surface area contributed by atoms with Gasteiger partial charge in [-0.1, -0.05) is 50.3 Å². The molecular formula is C16H18N4S. The highest BCUT2D eigenvalue weighted by molar-refractivity contribution is 7.18. The highest BCUT2D eigenvalue weighted by atomic mass is 32.1. The van der Waals surface area contributed by atoms with Crippen molar-refractivity contribution in [3.63, 3.8) is 0 Å². The molecule has 3 aromatic rings.